The number of nitrogens with zero attached hydrogens (tertiary/aromatic N) is 4. The van der Waals surface area contributed by atoms with Crippen LogP contribution in [0.1, 0.15) is 22.7 Å². The lowest BCUT2D eigenvalue weighted by Crippen LogP contribution is -2.28. The van der Waals surface area contributed by atoms with Crippen molar-refractivity contribution in [2.75, 3.05) is 13.1 Å². The van der Waals surface area contributed by atoms with E-state index in [2.05, 4.69) is 21.1 Å². The molecule has 0 bridgehead atoms. The number of phenols is 1. The molecule has 0 unspecified atom stereocenters. The molecule has 1 aliphatic heterocycles. The molecule has 1 aliphatic rings. The van der Waals surface area contributed by atoms with Crippen LogP contribution in [-0.4, -0.2) is 37.7 Å². The van der Waals surface area contributed by atoms with E-state index in [0.717, 1.165) is 35.8 Å². The topological polar surface area (TPSA) is 70.7 Å². The molecule has 0 atom stereocenters. The van der Waals surface area contributed by atoms with E-state index < -0.39 is 0 Å². The van der Waals surface area contributed by atoms with Gasteiger partial charge in [0, 0.05) is 24.8 Å². The van der Waals surface area contributed by atoms with Crippen molar-refractivity contribution in [1.82, 2.24) is 19.5 Å². The van der Waals surface area contributed by atoms with Crippen molar-refractivity contribution in [3.63, 3.8) is 0 Å². The molecule has 7 heteroatoms. The molecular weight excluding hydrogens is 336 g/mol. The highest BCUT2D eigenvalue weighted by Gasteiger charge is 2.16. The number of aromatic nitrogens is 3. The van der Waals surface area contributed by atoms with Gasteiger partial charge in [-0.15, -0.1) is 0 Å². The molecule has 2 aromatic heterocycles. The predicted molar refractivity (Wildman–Crippen MR) is 97.8 cm³/mol. The van der Waals surface area contributed by atoms with Gasteiger partial charge in [0.15, 0.2) is 0 Å². The fourth-order valence-electron chi connectivity index (χ4n) is 3.01. The van der Waals surface area contributed by atoms with Crippen molar-refractivity contribution < 1.29 is 5.11 Å². The largest absolute Gasteiger partial charge is 0.508 e. The maximum absolute atomic E-state index is 12.0. The zero-order valence-corrected chi connectivity index (χ0v) is 14.7. The number of fused-ring (bicyclic) bond motifs is 1. The standard InChI is InChI=1S/C18H18N4O2S/c1-12-10-17(24)22-18(19-12)25-16(20-22)11-21-8-6-14(7-9-21)13-2-4-15(23)5-3-13/h2-6,10,23H,7-9,11H2,1H3. The summed E-state index contributed by atoms with van der Waals surface area (Å²) in [5.74, 6) is 0.289. The maximum atomic E-state index is 12.0. The average molecular weight is 354 g/mol. The van der Waals surface area contributed by atoms with Crippen molar-refractivity contribution in [2.24, 2.45) is 0 Å². The molecule has 0 amide bonds. The summed E-state index contributed by atoms with van der Waals surface area (Å²) in [6.07, 6.45) is 3.17. The highest BCUT2D eigenvalue weighted by Crippen LogP contribution is 2.25. The highest BCUT2D eigenvalue weighted by atomic mass is 32.1. The predicted octanol–water partition coefficient (Wildman–Crippen LogP) is 2.45. The van der Waals surface area contributed by atoms with E-state index in [0.29, 0.717) is 11.5 Å². The van der Waals surface area contributed by atoms with Gasteiger partial charge < -0.3 is 5.11 Å². The van der Waals surface area contributed by atoms with Crippen LogP contribution >= 0.6 is 11.3 Å². The van der Waals surface area contributed by atoms with Gasteiger partial charge in [0.05, 0.1) is 6.54 Å². The van der Waals surface area contributed by atoms with E-state index >= 15 is 0 Å². The summed E-state index contributed by atoms with van der Waals surface area (Å²) in [7, 11) is 0. The Hall–Kier alpha value is -2.51. The van der Waals surface area contributed by atoms with Crippen LogP contribution in [0.4, 0.5) is 0 Å². The molecule has 1 N–H and O–H groups in total. The van der Waals surface area contributed by atoms with Crippen LogP contribution in [0.5, 0.6) is 5.75 Å². The first kappa shape index (κ1) is 16.0. The molecule has 128 valence electrons. The third-order valence-corrected chi connectivity index (χ3v) is 5.20. The Morgan fingerprint density at radius 1 is 1.28 bits per heavy atom. The molecule has 0 radical (unpaired) electrons. The summed E-state index contributed by atoms with van der Waals surface area (Å²) in [5.41, 5.74) is 3.05. The minimum Gasteiger partial charge on any atom is -0.508 e. The quantitative estimate of drug-likeness (QED) is 0.782. The van der Waals surface area contributed by atoms with E-state index in [-0.39, 0.29) is 11.3 Å². The van der Waals surface area contributed by atoms with Crippen molar-refractivity contribution in [2.45, 2.75) is 19.9 Å². The summed E-state index contributed by atoms with van der Waals surface area (Å²) in [6, 6.07) is 8.84. The van der Waals surface area contributed by atoms with E-state index in [4.69, 9.17) is 0 Å². The van der Waals surface area contributed by atoms with Crippen LogP contribution in [0.3, 0.4) is 0 Å². The lowest BCUT2D eigenvalue weighted by atomic mass is 9.99. The molecule has 6 nitrogen and oxygen atoms in total. The Labute approximate surface area is 148 Å². The third-order valence-electron chi connectivity index (χ3n) is 4.31. The zero-order chi connectivity index (χ0) is 17.4. The van der Waals surface area contributed by atoms with Crippen LogP contribution in [0.2, 0.25) is 0 Å². The Kier molecular flexibility index (Phi) is 4.10. The second-order valence-electron chi connectivity index (χ2n) is 6.19. The second kappa shape index (κ2) is 6.42. The molecule has 3 heterocycles. The highest BCUT2D eigenvalue weighted by molar-refractivity contribution is 7.16. The molecular formula is C18H18N4O2S. The third kappa shape index (κ3) is 3.33. The monoisotopic (exact) mass is 354 g/mol. The van der Waals surface area contributed by atoms with Gasteiger partial charge >= 0.3 is 0 Å². The lowest BCUT2D eigenvalue weighted by molar-refractivity contribution is 0.292. The van der Waals surface area contributed by atoms with Crippen LogP contribution < -0.4 is 5.56 Å². The van der Waals surface area contributed by atoms with Crippen molar-refractivity contribution in [3.05, 3.63) is 63.0 Å². The minimum absolute atomic E-state index is 0.127. The summed E-state index contributed by atoms with van der Waals surface area (Å²) < 4.78 is 1.38. The number of rotatable bonds is 3. The van der Waals surface area contributed by atoms with E-state index in [1.807, 2.05) is 19.1 Å². The van der Waals surface area contributed by atoms with Gasteiger partial charge in [-0.25, -0.2) is 4.98 Å². The normalized spacial score (nSPS) is 15.5. The van der Waals surface area contributed by atoms with Crippen LogP contribution in [0.15, 0.2) is 41.2 Å². The lowest BCUT2D eigenvalue weighted by Gasteiger charge is -2.25. The van der Waals surface area contributed by atoms with E-state index in [9.17, 15) is 9.90 Å². The van der Waals surface area contributed by atoms with E-state index in [1.54, 1.807) is 12.1 Å². The fraction of sp³-hybridized carbons (Fsp3) is 0.278. The van der Waals surface area contributed by atoms with Crippen molar-refractivity contribution >= 4 is 21.9 Å². The number of hydrogen-bond acceptors (Lipinski definition) is 6. The van der Waals surface area contributed by atoms with Gasteiger partial charge in [-0.1, -0.05) is 29.5 Å². The maximum Gasteiger partial charge on any atom is 0.275 e. The molecule has 0 spiro atoms. The molecule has 3 aromatic rings. The summed E-state index contributed by atoms with van der Waals surface area (Å²) >= 11 is 1.47. The Morgan fingerprint density at radius 3 is 2.80 bits per heavy atom. The number of benzene rings is 1. The summed E-state index contributed by atoms with van der Waals surface area (Å²) in [4.78, 5) is 19.3. The molecule has 25 heavy (non-hydrogen) atoms. The molecule has 4 rings (SSSR count). The fourth-order valence-corrected chi connectivity index (χ4v) is 3.99. The summed E-state index contributed by atoms with van der Waals surface area (Å²) in [6.45, 7) is 4.31. The Balaban J connectivity index is 1.49. The molecule has 0 aliphatic carbocycles. The zero-order valence-electron chi connectivity index (χ0n) is 13.8. The first-order valence-corrected chi connectivity index (χ1v) is 8.97. The van der Waals surface area contributed by atoms with Crippen molar-refractivity contribution in [3.8, 4) is 5.75 Å². The Morgan fingerprint density at radius 2 is 2.08 bits per heavy atom. The second-order valence-corrected chi connectivity index (χ2v) is 7.23. The number of aromatic hydroxyl groups is 1. The molecule has 1 aromatic carbocycles. The first-order valence-electron chi connectivity index (χ1n) is 8.16. The first-order chi connectivity index (χ1) is 12.1. The SMILES string of the molecule is Cc1cc(=O)n2nc(CN3CC=C(c4ccc(O)cc4)CC3)sc2n1. The van der Waals surface area contributed by atoms with Gasteiger partial charge in [-0.3, -0.25) is 9.69 Å². The minimum atomic E-state index is -0.127. The van der Waals surface area contributed by atoms with Crippen LogP contribution in [0, 0.1) is 6.92 Å². The molecule has 0 saturated carbocycles. The van der Waals surface area contributed by atoms with Gasteiger partial charge in [0.2, 0.25) is 4.96 Å². The molecule has 0 fully saturated rings. The number of phenolic OH excluding ortho intramolecular Hbond substituents is 1. The van der Waals surface area contributed by atoms with Gasteiger partial charge in [0.1, 0.15) is 10.8 Å². The summed E-state index contributed by atoms with van der Waals surface area (Å²) in [5, 5.41) is 14.7. The van der Waals surface area contributed by atoms with Gasteiger partial charge in [-0.2, -0.15) is 9.61 Å². The number of hydrogen-bond donors (Lipinski definition) is 1. The van der Waals surface area contributed by atoms with E-state index in [1.165, 1.54) is 27.5 Å². The smallest absolute Gasteiger partial charge is 0.275 e. The van der Waals surface area contributed by atoms with Crippen LogP contribution in [-0.2, 0) is 6.54 Å². The molecule has 0 saturated heterocycles. The Bertz CT molecular complexity index is 1000. The number of aryl methyl sites for hydroxylation is 1. The van der Waals surface area contributed by atoms with Crippen LogP contribution in [0.25, 0.3) is 10.5 Å². The average Bonchev–Trinajstić information content (AvgIpc) is 2.99. The van der Waals surface area contributed by atoms with Gasteiger partial charge in [-0.05, 0) is 36.6 Å². The van der Waals surface area contributed by atoms with Crippen molar-refractivity contribution in [1.29, 1.82) is 0 Å². The van der Waals surface area contributed by atoms with Gasteiger partial charge in [0.25, 0.3) is 5.56 Å².